The zero-order valence-corrected chi connectivity index (χ0v) is 12.1. The monoisotopic (exact) mass is 276 g/mol. The van der Waals surface area contributed by atoms with Gasteiger partial charge in [0.25, 0.3) is 0 Å². The van der Waals surface area contributed by atoms with Gasteiger partial charge in [-0.3, -0.25) is 4.79 Å². The minimum Gasteiger partial charge on any atom is -0.481 e. The maximum Gasteiger partial charge on any atom is 0.321 e. The van der Waals surface area contributed by atoms with E-state index in [2.05, 4.69) is 5.32 Å². The van der Waals surface area contributed by atoms with Crippen molar-refractivity contribution < 1.29 is 14.7 Å². The van der Waals surface area contributed by atoms with Gasteiger partial charge in [0, 0.05) is 24.7 Å². The van der Waals surface area contributed by atoms with Crippen LogP contribution in [0.5, 0.6) is 0 Å². The molecule has 0 aliphatic carbocycles. The number of benzene rings is 1. The lowest BCUT2D eigenvalue weighted by molar-refractivity contribution is -0.139. The molecule has 2 amide bonds. The van der Waals surface area contributed by atoms with E-state index in [1.807, 2.05) is 32.9 Å². The maximum atomic E-state index is 12.1. The number of aryl methyl sites for hydroxylation is 3. The minimum absolute atomic E-state index is 0.0819. The smallest absolute Gasteiger partial charge is 0.321 e. The predicted molar refractivity (Wildman–Crippen MR) is 77.0 cm³/mol. The van der Waals surface area contributed by atoms with Crippen molar-refractivity contribution in [1.82, 2.24) is 4.90 Å². The van der Waals surface area contributed by atoms with Gasteiger partial charge >= 0.3 is 12.0 Å². The third kappa shape index (κ3) is 3.10. The van der Waals surface area contributed by atoms with Gasteiger partial charge < -0.3 is 15.3 Å². The van der Waals surface area contributed by atoms with Gasteiger partial charge in [0.1, 0.15) is 0 Å². The van der Waals surface area contributed by atoms with Crippen LogP contribution in [0.15, 0.2) is 12.1 Å². The third-order valence-corrected chi connectivity index (χ3v) is 3.62. The van der Waals surface area contributed by atoms with Crippen LogP contribution in [-0.2, 0) is 4.79 Å². The normalized spacial score (nSPS) is 14.8. The number of carbonyl (C=O) groups excluding carboxylic acids is 1. The van der Waals surface area contributed by atoms with Gasteiger partial charge in [0.05, 0.1) is 6.42 Å². The first-order valence-electron chi connectivity index (χ1n) is 6.72. The lowest BCUT2D eigenvalue weighted by Crippen LogP contribution is -2.52. The molecule has 1 heterocycles. The number of aliphatic carboxylic acids is 1. The number of carboxylic acids is 1. The molecule has 1 aliphatic heterocycles. The van der Waals surface area contributed by atoms with Gasteiger partial charge in [-0.15, -0.1) is 0 Å². The Balaban J connectivity index is 1.95. The van der Waals surface area contributed by atoms with Gasteiger partial charge in [-0.2, -0.15) is 0 Å². The first kappa shape index (κ1) is 14.4. The van der Waals surface area contributed by atoms with Crippen LogP contribution in [0.2, 0.25) is 0 Å². The molecule has 0 unspecified atom stereocenters. The molecule has 1 aromatic carbocycles. The molecule has 0 spiro atoms. The van der Waals surface area contributed by atoms with Crippen molar-refractivity contribution in [2.75, 3.05) is 18.4 Å². The molecule has 1 fully saturated rings. The molecule has 1 aromatic rings. The second-order valence-electron chi connectivity index (χ2n) is 5.57. The lowest BCUT2D eigenvalue weighted by atomic mass is 9.97. The molecule has 0 aromatic heterocycles. The molecule has 0 bridgehead atoms. The summed E-state index contributed by atoms with van der Waals surface area (Å²) < 4.78 is 0. The molecule has 20 heavy (non-hydrogen) atoms. The summed E-state index contributed by atoms with van der Waals surface area (Å²) >= 11 is 0. The van der Waals surface area contributed by atoms with Crippen molar-refractivity contribution >= 4 is 17.7 Å². The van der Waals surface area contributed by atoms with Crippen LogP contribution in [0.4, 0.5) is 10.5 Å². The summed E-state index contributed by atoms with van der Waals surface area (Å²) in [5, 5.41) is 11.6. The summed E-state index contributed by atoms with van der Waals surface area (Å²) in [4.78, 5) is 24.3. The molecule has 5 heteroatoms. The number of carbonyl (C=O) groups is 2. The zero-order valence-electron chi connectivity index (χ0n) is 12.1. The van der Waals surface area contributed by atoms with Gasteiger partial charge in [0.15, 0.2) is 0 Å². The van der Waals surface area contributed by atoms with E-state index in [4.69, 9.17) is 5.11 Å². The van der Waals surface area contributed by atoms with Crippen molar-refractivity contribution in [3.05, 3.63) is 28.8 Å². The first-order valence-corrected chi connectivity index (χ1v) is 6.72. The van der Waals surface area contributed by atoms with Crippen LogP contribution >= 0.6 is 0 Å². The number of hydrogen-bond donors (Lipinski definition) is 2. The molecular weight excluding hydrogens is 256 g/mol. The highest BCUT2D eigenvalue weighted by atomic mass is 16.4. The molecular formula is C15H20N2O3. The molecule has 1 saturated heterocycles. The minimum atomic E-state index is -0.805. The Morgan fingerprint density at radius 3 is 2.30 bits per heavy atom. The number of nitrogens with zero attached hydrogens (tertiary/aromatic N) is 1. The Morgan fingerprint density at radius 2 is 1.80 bits per heavy atom. The molecule has 0 saturated carbocycles. The second kappa shape index (κ2) is 5.53. The number of urea groups is 1. The molecule has 108 valence electrons. The van der Waals surface area contributed by atoms with Crippen molar-refractivity contribution in [3.8, 4) is 0 Å². The highest BCUT2D eigenvalue weighted by Crippen LogP contribution is 2.24. The van der Waals surface area contributed by atoms with Gasteiger partial charge in [-0.05, 0) is 31.9 Å². The Kier molecular flexibility index (Phi) is 3.97. The highest BCUT2D eigenvalue weighted by molar-refractivity contribution is 5.91. The second-order valence-corrected chi connectivity index (χ2v) is 5.57. The van der Waals surface area contributed by atoms with Crippen LogP contribution in [0.3, 0.4) is 0 Å². The van der Waals surface area contributed by atoms with Crippen molar-refractivity contribution in [1.29, 1.82) is 0 Å². The van der Waals surface area contributed by atoms with Crippen molar-refractivity contribution in [2.45, 2.75) is 27.2 Å². The van der Waals surface area contributed by atoms with E-state index in [-0.39, 0.29) is 18.4 Å². The van der Waals surface area contributed by atoms with Gasteiger partial charge in [0.2, 0.25) is 0 Å². The molecule has 0 atom stereocenters. The van der Waals surface area contributed by atoms with Gasteiger partial charge in [-0.1, -0.05) is 17.7 Å². The van der Waals surface area contributed by atoms with Crippen LogP contribution in [0, 0.1) is 26.7 Å². The average molecular weight is 276 g/mol. The number of carboxylic acid groups (broad SMARTS) is 1. The molecule has 2 N–H and O–H groups in total. The molecule has 0 radical (unpaired) electrons. The van der Waals surface area contributed by atoms with E-state index >= 15 is 0 Å². The Labute approximate surface area is 118 Å². The standard InChI is InChI=1S/C15H20N2O3/c1-9-4-10(2)14(11(3)5-9)16-15(20)17-7-12(8-17)6-13(18)19/h4-5,12H,6-8H2,1-3H3,(H,16,20)(H,18,19). The number of anilines is 1. The molecule has 1 aliphatic rings. The summed E-state index contributed by atoms with van der Waals surface area (Å²) in [5.74, 6) is -0.723. The Bertz CT molecular complexity index is 525. The van der Waals surface area contributed by atoms with Crippen LogP contribution in [0.1, 0.15) is 23.1 Å². The topological polar surface area (TPSA) is 69.6 Å². The molecule has 2 rings (SSSR count). The van der Waals surface area contributed by atoms with E-state index in [9.17, 15) is 9.59 Å². The van der Waals surface area contributed by atoms with E-state index in [0.29, 0.717) is 13.1 Å². The lowest BCUT2D eigenvalue weighted by Gasteiger charge is -2.38. The fraction of sp³-hybridized carbons (Fsp3) is 0.467. The SMILES string of the molecule is Cc1cc(C)c(NC(=O)N2CC(CC(=O)O)C2)c(C)c1. The van der Waals surface area contributed by atoms with Crippen LogP contribution < -0.4 is 5.32 Å². The summed E-state index contributed by atoms with van der Waals surface area (Å²) in [7, 11) is 0. The van der Waals surface area contributed by atoms with Crippen LogP contribution in [-0.4, -0.2) is 35.1 Å². The van der Waals surface area contributed by atoms with E-state index in [1.165, 1.54) is 5.56 Å². The predicted octanol–water partition coefficient (Wildman–Crippen LogP) is 2.55. The zero-order chi connectivity index (χ0) is 14.9. The summed E-state index contributed by atoms with van der Waals surface area (Å²) in [6, 6.07) is 3.92. The fourth-order valence-electron chi connectivity index (χ4n) is 2.67. The van der Waals surface area contributed by atoms with E-state index in [1.54, 1.807) is 4.90 Å². The quantitative estimate of drug-likeness (QED) is 0.891. The third-order valence-electron chi connectivity index (χ3n) is 3.62. The average Bonchev–Trinajstić information content (AvgIpc) is 2.27. The number of hydrogen-bond acceptors (Lipinski definition) is 2. The Hall–Kier alpha value is -2.04. The summed E-state index contributed by atoms with van der Waals surface area (Å²) in [5.41, 5.74) is 4.10. The summed E-state index contributed by atoms with van der Waals surface area (Å²) in [6.45, 7) is 7.00. The van der Waals surface area contributed by atoms with Crippen molar-refractivity contribution in [3.63, 3.8) is 0 Å². The number of nitrogens with one attached hydrogen (secondary N) is 1. The Morgan fingerprint density at radius 1 is 1.25 bits per heavy atom. The fourth-order valence-corrected chi connectivity index (χ4v) is 2.67. The highest BCUT2D eigenvalue weighted by Gasteiger charge is 2.32. The van der Waals surface area contributed by atoms with Crippen LogP contribution in [0.25, 0.3) is 0 Å². The summed E-state index contributed by atoms with van der Waals surface area (Å²) in [6.07, 6.45) is 0.131. The van der Waals surface area contributed by atoms with Gasteiger partial charge in [-0.25, -0.2) is 4.79 Å². The van der Waals surface area contributed by atoms with E-state index in [0.717, 1.165) is 16.8 Å². The number of rotatable bonds is 3. The molecule has 5 nitrogen and oxygen atoms in total. The first-order chi connectivity index (χ1) is 9.36. The largest absolute Gasteiger partial charge is 0.481 e. The van der Waals surface area contributed by atoms with E-state index < -0.39 is 5.97 Å². The number of amides is 2. The number of likely N-dealkylation sites (tertiary alicyclic amines) is 1. The maximum absolute atomic E-state index is 12.1. The van der Waals surface area contributed by atoms with Crippen molar-refractivity contribution in [2.24, 2.45) is 5.92 Å².